The van der Waals surface area contributed by atoms with Crippen LogP contribution in [-0.2, 0) is 6.42 Å². The Kier molecular flexibility index (Phi) is 4.59. The van der Waals surface area contributed by atoms with E-state index in [4.69, 9.17) is 16.6 Å². The number of imidazole rings is 1. The molecule has 0 atom stereocenters. The number of aryl methyl sites for hydroxylation is 1. The smallest absolute Gasteiger partial charge is 0.138 e. The predicted octanol–water partition coefficient (Wildman–Crippen LogP) is 4.93. The third-order valence-corrected chi connectivity index (χ3v) is 3.39. The molecule has 0 saturated heterocycles. The Morgan fingerprint density at radius 2 is 2.00 bits per heavy atom. The first-order valence-electron chi connectivity index (χ1n) is 7.35. The van der Waals surface area contributed by atoms with E-state index in [1.807, 2.05) is 18.3 Å². The van der Waals surface area contributed by atoms with Crippen LogP contribution in [0.5, 0.6) is 0 Å². The third-order valence-electron chi connectivity index (χ3n) is 3.17. The molecule has 20 heavy (non-hydrogen) atoms. The molecule has 0 aliphatic carbocycles. The van der Waals surface area contributed by atoms with Crippen LogP contribution in [0.4, 0.5) is 5.82 Å². The molecule has 2 aromatic heterocycles. The van der Waals surface area contributed by atoms with Crippen molar-refractivity contribution in [3.63, 3.8) is 0 Å². The van der Waals surface area contributed by atoms with Crippen molar-refractivity contribution in [2.75, 3.05) is 5.32 Å². The first kappa shape index (κ1) is 15.2. The van der Waals surface area contributed by atoms with E-state index in [1.54, 1.807) is 0 Å². The van der Waals surface area contributed by atoms with Crippen LogP contribution in [0.1, 0.15) is 52.7 Å². The molecular formula is C16H24ClN3. The standard InChI is InChI=1S/C16H24ClN3/c1-5-6-7-8-13-15(19-16(2,3)4)20-11-12(17)9-10-14(20)18-13/h9-11,19H,5-8H2,1-4H3. The Morgan fingerprint density at radius 3 is 2.65 bits per heavy atom. The zero-order valence-corrected chi connectivity index (χ0v) is 13.6. The van der Waals surface area contributed by atoms with Gasteiger partial charge in [0.05, 0.1) is 10.7 Å². The molecule has 0 bridgehead atoms. The van der Waals surface area contributed by atoms with Crippen LogP contribution in [0.15, 0.2) is 18.3 Å². The van der Waals surface area contributed by atoms with Crippen molar-refractivity contribution in [1.82, 2.24) is 9.38 Å². The highest BCUT2D eigenvalue weighted by Crippen LogP contribution is 2.25. The average Bonchev–Trinajstić information content (AvgIpc) is 2.66. The Bertz CT molecular complexity index is 581. The van der Waals surface area contributed by atoms with Crippen LogP contribution in [0.2, 0.25) is 5.02 Å². The molecule has 2 heterocycles. The second kappa shape index (κ2) is 6.04. The molecule has 0 spiro atoms. The van der Waals surface area contributed by atoms with E-state index in [0.29, 0.717) is 0 Å². The summed E-state index contributed by atoms with van der Waals surface area (Å²) in [4.78, 5) is 4.75. The molecule has 0 saturated carbocycles. The van der Waals surface area contributed by atoms with Crippen molar-refractivity contribution in [1.29, 1.82) is 0 Å². The van der Waals surface area contributed by atoms with Gasteiger partial charge in [-0.2, -0.15) is 0 Å². The summed E-state index contributed by atoms with van der Waals surface area (Å²) in [7, 11) is 0. The molecule has 3 nitrogen and oxygen atoms in total. The normalized spacial score (nSPS) is 12.1. The fourth-order valence-electron chi connectivity index (χ4n) is 2.27. The Labute approximate surface area is 126 Å². The van der Waals surface area contributed by atoms with E-state index >= 15 is 0 Å². The molecular weight excluding hydrogens is 270 g/mol. The van der Waals surface area contributed by atoms with E-state index in [0.717, 1.165) is 28.6 Å². The van der Waals surface area contributed by atoms with E-state index in [9.17, 15) is 0 Å². The Hall–Kier alpha value is -1.22. The highest BCUT2D eigenvalue weighted by Gasteiger charge is 2.17. The van der Waals surface area contributed by atoms with Crippen molar-refractivity contribution < 1.29 is 0 Å². The molecule has 2 aromatic rings. The van der Waals surface area contributed by atoms with Gasteiger partial charge in [-0.3, -0.25) is 4.40 Å². The Balaban J connectivity index is 2.40. The van der Waals surface area contributed by atoms with Gasteiger partial charge < -0.3 is 5.32 Å². The number of rotatable bonds is 5. The lowest BCUT2D eigenvalue weighted by Gasteiger charge is -2.22. The molecule has 0 radical (unpaired) electrons. The van der Waals surface area contributed by atoms with E-state index in [1.165, 1.54) is 19.3 Å². The second-order valence-electron chi connectivity index (χ2n) is 6.31. The average molecular weight is 294 g/mol. The van der Waals surface area contributed by atoms with Gasteiger partial charge in [-0.05, 0) is 45.7 Å². The van der Waals surface area contributed by atoms with Crippen LogP contribution in [0.25, 0.3) is 5.65 Å². The van der Waals surface area contributed by atoms with Gasteiger partial charge in [0, 0.05) is 11.7 Å². The van der Waals surface area contributed by atoms with Crippen molar-refractivity contribution >= 4 is 23.1 Å². The number of pyridine rings is 1. The van der Waals surface area contributed by atoms with Crippen molar-refractivity contribution in [3.8, 4) is 0 Å². The number of hydrogen-bond acceptors (Lipinski definition) is 2. The summed E-state index contributed by atoms with van der Waals surface area (Å²) in [6.07, 6.45) is 6.57. The second-order valence-corrected chi connectivity index (χ2v) is 6.75. The first-order valence-corrected chi connectivity index (χ1v) is 7.73. The lowest BCUT2D eigenvalue weighted by atomic mass is 10.1. The van der Waals surface area contributed by atoms with E-state index in [2.05, 4.69) is 37.4 Å². The summed E-state index contributed by atoms with van der Waals surface area (Å²) in [6, 6.07) is 3.86. The minimum absolute atomic E-state index is 0.00220. The molecule has 110 valence electrons. The molecule has 4 heteroatoms. The largest absolute Gasteiger partial charge is 0.365 e. The van der Waals surface area contributed by atoms with Crippen LogP contribution in [0, 0.1) is 0 Å². The van der Waals surface area contributed by atoms with Gasteiger partial charge >= 0.3 is 0 Å². The lowest BCUT2D eigenvalue weighted by molar-refractivity contribution is 0.625. The molecule has 0 aliphatic heterocycles. The molecule has 0 aliphatic rings. The maximum atomic E-state index is 6.12. The molecule has 0 unspecified atom stereocenters. The molecule has 1 N–H and O–H groups in total. The Morgan fingerprint density at radius 1 is 1.25 bits per heavy atom. The minimum atomic E-state index is -0.00220. The quantitative estimate of drug-likeness (QED) is 0.792. The van der Waals surface area contributed by atoms with Crippen molar-refractivity contribution in [2.45, 2.75) is 58.9 Å². The third kappa shape index (κ3) is 3.66. The van der Waals surface area contributed by atoms with Gasteiger partial charge in [0.25, 0.3) is 0 Å². The van der Waals surface area contributed by atoms with Crippen LogP contribution >= 0.6 is 11.6 Å². The summed E-state index contributed by atoms with van der Waals surface area (Å²) in [5, 5.41) is 4.30. The van der Waals surface area contributed by atoms with Crippen molar-refractivity contribution in [2.24, 2.45) is 0 Å². The highest BCUT2D eigenvalue weighted by atomic mass is 35.5. The van der Waals surface area contributed by atoms with Crippen molar-refractivity contribution in [3.05, 3.63) is 29.0 Å². The summed E-state index contributed by atoms with van der Waals surface area (Å²) in [5.41, 5.74) is 2.08. The van der Waals surface area contributed by atoms with Gasteiger partial charge in [0.15, 0.2) is 0 Å². The van der Waals surface area contributed by atoms with Crippen LogP contribution in [0.3, 0.4) is 0 Å². The van der Waals surface area contributed by atoms with Crippen LogP contribution < -0.4 is 5.32 Å². The summed E-state index contributed by atoms with van der Waals surface area (Å²) in [6.45, 7) is 8.70. The lowest BCUT2D eigenvalue weighted by Crippen LogP contribution is -2.27. The zero-order valence-electron chi connectivity index (χ0n) is 12.8. The zero-order chi connectivity index (χ0) is 14.8. The molecule has 2 rings (SSSR count). The number of hydrogen-bond donors (Lipinski definition) is 1. The number of nitrogens with one attached hydrogen (secondary N) is 1. The monoisotopic (exact) mass is 293 g/mol. The van der Waals surface area contributed by atoms with Gasteiger partial charge in [-0.25, -0.2) is 4.98 Å². The van der Waals surface area contributed by atoms with Gasteiger partial charge in [-0.15, -0.1) is 0 Å². The van der Waals surface area contributed by atoms with E-state index < -0.39 is 0 Å². The maximum Gasteiger partial charge on any atom is 0.138 e. The summed E-state index contributed by atoms with van der Waals surface area (Å²) < 4.78 is 2.06. The maximum absolute atomic E-state index is 6.12. The van der Waals surface area contributed by atoms with E-state index in [-0.39, 0.29) is 5.54 Å². The number of unbranched alkanes of at least 4 members (excludes halogenated alkanes) is 2. The summed E-state index contributed by atoms with van der Waals surface area (Å²) >= 11 is 6.12. The summed E-state index contributed by atoms with van der Waals surface area (Å²) in [5.74, 6) is 1.08. The highest BCUT2D eigenvalue weighted by molar-refractivity contribution is 6.30. The topological polar surface area (TPSA) is 29.3 Å². The molecule has 0 aromatic carbocycles. The number of fused-ring (bicyclic) bond motifs is 1. The van der Waals surface area contributed by atoms with Gasteiger partial charge in [-0.1, -0.05) is 31.4 Å². The first-order chi connectivity index (χ1) is 9.40. The number of nitrogens with zero attached hydrogens (tertiary/aromatic N) is 2. The molecule has 0 fully saturated rings. The van der Waals surface area contributed by atoms with Crippen LogP contribution in [-0.4, -0.2) is 14.9 Å². The number of anilines is 1. The molecule has 0 amide bonds. The number of aromatic nitrogens is 2. The predicted molar refractivity (Wildman–Crippen MR) is 86.8 cm³/mol. The fraction of sp³-hybridized carbons (Fsp3) is 0.562. The van der Waals surface area contributed by atoms with Gasteiger partial charge in [0.2, 0.25) is 0 Å². The van der Waals surface area contributed by atoms with Gasteiger partial charge in [0.1, 0.15) is 11.5 Å². The minimum Gasteiger partial charge on any atom is -0.365 e. The SMILES string of the molecule is CCCCCc1nc2ccc(Cl)cn2c1NC(C)(C)C. The number of halogens is 1. The fourth-order valence-corrected chi connectivity index (χ4v) is 2.43.